The fourth-order valence-electron chi connectivity index (χ4n) is 4.01. The first-order chi connectivity index (χ1) is 15.7. The summed E-state index contributed by atoms with van der Waals surface area (Å²) >= 11 is 0. The molecule has 0 saturated heterocycles. The van der Waals surface area contributed by atoms with Gasteiger partial charge in [-0.1, -0.05) is 76.8 Å². The summed E-state index contributed by atoms with van der Waals surface area (Å²) in [7, 11) is 0. The molecule has 0 aliphatic rings. The van der Waals surface area contributed by atoms with E-state index in [9.17, 15) is 10.1 Å². The number of nitro benzene ring substituents is 1. The second-order valence-corrected chi connectivity index (χ2v) is 8.55. The molecule has 0 bridgehead atoms. The van der Waals surface area contributed by atoms with E-state index in [1.54, 1.807) is 12.1 Å². The lowest BCUT2D eigenvalue weighted by atomic mass is 10.0. The van der Waals surface area contributed by atoms with Gasteiger partial charge >= 0.3 is 0 Å². The minimum Gasteiger partial charge on any atom is -0.258 e. The summed E-state index contributed by atoms with van der Waals surface area (Å²) in [5.41, 5.74) is 4.15. The summed E-state index contributed by atoms with van der Waals surface area (Å²) in [4.78, 5) is 10.4. The molecule has 170 valence electrons. The van der Waals surface area contributed by atoms with Crippen LogP contribution in [0, 0.1) is 10.1 Å². The van der Waals surface area contributed by atoms with Crippen LogP contribution in [0.4, 0.5) is 5.69 Å². The van der Waals surface area contributed by atoms with Gasteiger partial charge in [-0.15, -0.1) is 0 Å². The number of hydrogen-bond acceptors (Lipinski definition) is 3. The van der Waals surface area contributed by atoms with Crippen molar-refractivity contribution in [3.05, 3.63) is 76.5 Å². The van der Waals surface area contributed by atoms with Crippen molar-refractivity contribution in [1.29, 1.82) is 0 Å². The number of nitrogens with zero attached hydrogens (tertiary/aromatic N) is 3. The van der Waals surface area contributed by atoms with E-state index in [2.05, 4.69) is 36.3 Å². The molecule has 0 aliphatic heterocycles. The van der Waals surface area contributed by atoms with Gasteiger partial charge in [0.1, 0.15) is 0 Å². The molecule has 3 rings (SSSR count). The van der Waals surface area contributed by atoms with Gasteiger partial charge in [0, 0.05) is 23.9 Å². The molecule has 0 aliphatic carbocycles. The van der Waals surface area contributed by atoms with E-state index in [-0.39, 0.29) is 10.6 Å². The average Bonchev–Trinajstić information content (AvgIpc) is 3.31. The highest BCUT2D eigenvalue weighted by Gasteiger charge is 2.08. The summed E-state index contributed by atoms with van der Waals surface area (Å²) < 4.78 is 1.85. The van der Waals surface area contributed by atoms with Crippen molar-refractivity contribution < 1.29 is 4.92 Å². The van der Waals surface area contributed by atoms with Crippen molar-refractivity contribution in [2.45, 2.75) is 77.6 Å². The maximum atomic E-state index is 10.8. The van der Waals surface area contributed by atoms with E-state index < -0.39 is 0 Å². The Labute approximate surface area is 191 Å². The normalized spacial score (nSPS) is 11.0. The van der Waals surface area contributed by atoms with Crippen LogP contribution < -0.4 is 0 Å². The zero-order chi connectivity index (χ0) is 22.6. The molecule has 0 saturated carbocycles. The lowest BCUT2D eigenvalue weighted by Crippen LogP contribution is -1.96. The predicted molar refractivity (Wildman–Crippen MR) is 131 cm³/mol. The molecule has 0 spiro atoms. The first-order valence-electron chi connectivity index (χ1n) is 12.1. The average molecular weight is 434 g/mol. The van der Waals surface area contributed by atoms with E-state index in [4.69, 9.17) is 0 Å². The molecule has 5 nitrogen and oxygen atoms in total. The molecule has 1 heterocycles. The van der Waals surface area contributed by atoms with Crippen molar-refractivity contribution in [3.8, 4) is 16.9 Å². The fourth-order valence-corrected chi connectivity index (χ4v) is 4.01. The van der Waals surface area contributed by atoms with E-state index in [1.165, 1.54) is 81.9 Å². The van der Waals surface area contributed by atoms with Crippen LogP contribution in [0.1, 0.15) is 76.7 Å². The first kappa shape index (κ1) is 23.7. The van der Waals surface area contributed by atoms with Gasteiger partial charge in [-0.3, -0.25) is 10.1 Å². The zero-order valence-corrected chi connectivity index (χ0v) is 19.2. The zero-order valence-electron chi connectivity index (χ0n) is 19.2. The highest BCUT2D eigenvalue weighted by molar-refractivity contribution is 5.60. The monoisotopic (exact) mass is 433 g/mol. The molecular weight excluding hydrogens is 398 g/mol. The quantitative estimate of drug-likeness (QED) is 0.147. The van der Waals surface area contributed by atoms with E-state index >= 15 is 0 Å². The minimum atomic E-state index is -0.389. The van der Waals surface area contributed by atoms with Gasteiger partial charge in [0.25, 0.3) is 5.69 Å². The topological polar surface area (TPSA) is 61.0 Å². The molecule has 0 fully saturated rings. The third-order valence-corrected chi connectivity index (χ3v) is 5.98. The third-order valence-electron chi connectivity index (χ3n) is 5.98. The van der Waals surface area contributed by atoms with Crippen molar-refractivity contribution in [1.82, 2.24) is 9.78 Å². The Bertz CT molecular complexity index is 946. The molecule has 3 aromatic rings. The van der Waals surface area contributed by atoms with Crippen LogP contribution in [0.25, 0.3) is 16.9 Å². The van der Waals surface area contributed by atoms with Crippen LogP contribution in [0.3, 0.4) is 0 Å². The van der Waals surface area contributed by atoms with Crippen LogP contribution in [0.5, 0.6) is 0 Å². The number of unbranched alkanes of at least 4 members (excludes halogenated alkanes) is 9. The summed E-state index contributed by atoms with van der Waals surface area (Å²) in [5, 5.41) is 15.4. The Hall–Kier alpha value is -2.95. The molecule has 5 heteroatoms. The minimum absolute atomic E-state index is 0.0891. The van der Waals surface area contributed by atoms with E-state index in [0.717, 1.165) is 23.4 Å². The molecule has 1 aromatic heterocycles. The van der Waals surface area contributed by atoms with Crippen molar-refractivity contribution >= 4 is 5.69 Å². The number of hydrogen-bond donors (Lipinski definition) is 0. The van der Waals surface area contributed by atoms with E-state index in [1.807, 2.05) is 16.9 Å². The van der Waals surface area contributed by atoms with Crippen LogP contribution in [-0.2, 0) is 6.42 Å². The van der Waals surface area contributed by atoms with Crippen LogP contribution in [0.2, 0.25) is 0 Å². The smallest absolute Gasteiger partial charge is 0.258 e. The number of aromatic nitrogens is 2. The predicted octanol–water partition coefficient (Wildman–Crippen LogP) is 7.91. The molecule has 32 heavy (non-hydrogen) atoms. The Morgan fingerprint density at radius 1 is 0.781 bits per heavy atom. The molecule has 2 aromatic carbocycles. The van der Waals surface area contributed by atoms with Crippen LogP contribution in [0.15, 0.2) is 60.8 Å². The Morgan fingerprint density at radius 3 is 1.97 bits per heavy atom. The van der Waals surface area contributed by atoms with Gasteiger partial charge in [0.2, 0.25) is 0 Å². The number of benzene rings is 2. The molecule has 0 unspecified atom stereocenters. The first-order valence-corrected chi connectivity index (χ1v) is 12.1. The van der Waals surface area contributed by atoms with Crippen molar-refractivity contribution in [2.75, 3.05) is 0 Å². The van der Waals surface area contributed by atoms with Gasteiger partial charge in [-0.25, -0.2) is 4.68 Å². The van der Waals surface area contributed by atoms with Crippen LogP contribution >= 0.6 is 0 Å². The van der Waals surface area contributed by atoms with Gasteiger partial charge in [-0.05, 0) is 48.7 Å². The highest BCUT2D eigenvalue weighted by atomic mass is 16.6. The number of non-ortho nitro benzene ring substituents is 1. The molecular formula is C27H35N3O2. The highest BCUT2D eigenvalue weighted by Crippen LogP contribution is 2.22. The lowest BCUT2D eigenvalue weighted by Gasteiger charge is -2.05. The Kier molecular flexibility index (Phi) is 9.48. The van der Waals surface area contributed by atoms with Crippen LogP contribution in [-0.4, -0.2) is 14.7 Å². The number of nitro groups is 1. The number of aryl methyl sites for hydroxylation is 1. The standard InChI is InChI=1S/C27H35N3O2/c1-2-3-4-5-6-7-8-9-10-11-12-23-13-17-25(18-14-23)29-22-21-27(28-29)24-15-19-26(20-16-24)30(31)32/h13-22H,2-12H2,1H3. The maximum absolute atomic E-state index is 10.8. The van der Waals surface area contributed by atoms with Gasteiger partial charge in [-0.2, -0.15) is 5.10 Å². The summed E-state index contributed by atoms with van der Waals surface area (Å²) in [6.45, 7) is 2.27. The number of rotatable bonds is 14. The fraction of sp³-hybridized carbons (Fsp3) is 0.444. The maximum Gasteiger partial charge on any atom is 0.269 e. The molecule has 0 radical (unpaired) electrons. The molecule has 0 N–H and O–H groups in total. The lowest BCUT2D eigenvalue weighted by molar-refractivity contribution is -0.384. The second kappa shape index (κ2) is 12.8. The van der Waals surface area contributed by atoms with Gasteiger partial charge in [0.15, 0.2) is 0 Å². The Balaban J connectivity index is 1.40. The molecule has 0 amide bonds. The largest absolute Gasteiger partial charge is 0.269 e. The molecule has 0 atom stereocenters. The summed E-state index contributed by atoms with van der Waals surface area (Å²) in [5.74, 6) is 0. The van der Waals surface area contributed by atoms with Crippen molar-refractivity contribution in [3.63, 3.8) is 0 Å². The third kappa shape index (κ3) is 7.33. The van der Waals surface area contributed by atoms with Crippen molar-refractivity contribution in [2.24, 2.45) is 0 Å². The van der Waals surface area contributed by atoms with E-state index in [0.29, 0.717) is 0 Å². The van der Waals surface area contributed by atoms with Gasteiger partial charge < -0.3 is 0 Å². The SMILES string of the molecule is CCCCCCCCCCCCc1ccc(-n2ccc(-c3ccc([N+](=O)[O-])cc3)n2)cc1. The Morgan fingerprint density at radius 2 is 1.38 bits per heavy atom. The second-order valence-electron chi connectivity index (χ2n) is 8.55. The van der Waals surface area contributed by atoms with Gasteiger partial charge in [0.05, 0.1) is 16.3 Å². The summed E-state index contributed by atoms with van der Waals surface area (Å²) in [6.07, 6.45) is 16.7. The summed E-state index contributed by atoms with van der Waals surface area (Å²) in [6, 6.07) is 17.0.